The quantitative estimate of drug-likeness (QED) is 0.0516. The molecule has 0 aliphatic heterocycles. The van der Waals surface area contributed by atoms with Crippen LogP contribution in [-0.4, -0.2) is 177 Å². The van der Waals surface area contributed by atoms with Crippen LogP contribution in [0.15, 0.2) is 103 Å². The summed E-state index contributed by atoms with van der Waals surface area (Å²) >= 11 is 0. The first kappa shape index (κ1) is 55.8. The molecule has 0 aliphatic rings. The van der Waals surface area contributed by atoms with E-state index in [1.165, 1.54) is 33.4 Å². The molecule has 372 valence electrons. The van der Waals surface area contributed by atoms with Gasteiger partial charge in [0.1, 0.15) is 12.4 Å². The first-order valence-corrected chi connectivity index (χ1v) is 23.7. The van der Waals surface area contributed by atoms with E-state index in [1.54, 1.807) is 0 Å². The summed E-state index contributed by atoms with van der Waals surface area (Å²) in [6, 6.07) is 36.4. The van der Waals surface area contributed by atoms with Gasteiger partial charge in [-0.25, -0.2) is 0 Å². The van der Waals surface area contributed by atoms with Crippen LogP contribution in [0.2, 0.25) is 0 Å². The predicted octanol–water partition coefficient (Wildman–Crippen LogP) is 6.03. The molecule has 0 heterocycles. The minimum Gasteiger partial charge on any atom is -0.491 e. The van der Waals surface area contributed by atoms with E-state index in [4.69, 9.17) is 66.7 Å². The lowest BCUT2D eigenvalue weighted by atomic mass is 9.92. The van der Waals surface area contributed by atoms with Crippen LogP contribution in [0.25, 0.3) is 0 Å². The van der Waals surface area contributed by atoms with Crippen molar-refractivity contribution in [3.05, 3.63) is 137 Å². The third kappa shape index (κ3) is 28.9. The summed E-state index contributed by atoms with van der Waals surface area (Å²) in [5.74, 6) is 0.941. The molecule has 0 atom stereocenters. The van der Waals surface area contributed by atoms with Crippen LogP contribution in [0, 0.1) is 0 Å². The minimum absolute atomic E-state index is 0.0211. The molecule has 4 aromatic carbocycles. The number of rotatable bonds is 45. The number of benzene rings is 4. The normalized spacial score (nSPS) is 11.4. The molecular weight excluding hydrogens is 861 g/mol. The van der Waals surface area contributed by atoms with Crippen molar-refractivity contribution in [2.75, 3.05) is 172 Å². The van der Waals surface area contributed by atoms with Gasteiger partial charge in [0.15, 0.2) is 0 Å². The Morgan fingerprint density at radius 3 is 0.761 bits per heavy atom. The fourth-order valence-electron chi connectivity index (χ4n) is 6.63. The highest BCUT2D eigenvalue weighted by atomic mass is 16.6. The van der Waals surface area contributed by atoms with Crippen molar-refractivity contribution in [1.82, 2.24) is 0 Å². The van der Waals surface area contributed by atoms with Crippen molar-refractivity contribution >= 4 is 0 Å². The summed E-state index contributed by atoms with van der Waals surface area (Å²) in [7, 11) is 0. The molecule has 0 saturated heterocycles. The van der Waals surface area contributed by atoms with Gasteiger partial charge >= 0.3 is 0 Å². The Hall–Kier alpha value is -3.84. The fraction of sp³-hybridized carbons (Fsp3) is 0.547. The molecule has 4 rings (SSSR count). The average molecular weight is 937 g/mol. The summed E-state index contributed by atoms with van der Waals surface area (Å²) in [4.78, 5) is 0. The number of aliphatic hydroxyl groups excluding tert-OH is 1. The van der Waals surface area contributed by atoms with Crippen LogP contribution in [-0.2, 0) is 76.1 Å². The van der Waals surface area contributed by atoms with Crippen molar-refractivity contribution in [1.29, 1.82) is 0 Å². The van der Waals surface area contributed by atoms with Gasteiger partial charge < -0.3 is 66.7 Å². The van der Waals surface area contributed by atoms with Crippen LogP contribution >= 0.6 is 0 Å². The van der Waals surface area contributed by atoms with Gasteiger partial charge in [0.25, 0.3) is 0 Å². The largest absolute Gasteiger partial charge is 0.491 e. The molecule has 4 aromatic rings. The lowest BCUT2D eigenvalue weighted by Crippen LogP contribution is -2.16. The van der Waals surface area contributed by atoms with E-state index >= 15 is 0 Å². The first-order valence-electron chi connectivity index (χ1n) is 23.7. The molecule has 67 heavy (non-hydrogen) atoms. The predicted molar refractivity (Wildman–Crippen MR) is 257 cm³/mol. The Labute approximate surface area is 398 Å². The SMILES string of the molecule is OCCOCCOCCOCCOCCOCCOCCOCCOCCOCCOCCOCCOCCOc1c(Cc2ccccc2)cc(Cc2ccccc2)cc1Cc1ccccc1. The van der Waals surface area contributed by atoms with E-state index in [0.717, 1.165) is 25.0 Å². The zero-order valence-electron chi connectivity index (χ0n) is 39.6. The number of hydrogen-bond donors (Lipinski definition) is 1. The van der Waals surface area contributed by atoms with Crippen LogP contribution in [0.3, 0.4) is 0 Å². The molecule has 0 unspecified atom stereocenters. The lowest BCUT2D eigenvalue weighted by molar-refractivity contribution is -0.0287. The molecule has 0 aliphatic carbocycles. The minimum atomic E-state index is 0.0211. The second kappa shape index (κ2) is 40.1. The second-order valence-corrected chi connectivity index (χ2v) is 15.2. The Morgan fingerprint density at radius 2 is 0.493 bits per heavy atom. The molecule has 14 nitrogen and oxygen atoms in total. The molecule has 0 aromatic heterocycles. The van der Waals surface area contributed by atoms with Gasteiger partial charge in [-0.15, -0.1) is 0 Å². The van der Waals surface area contributed by atoms with Gasteiger partial charge in [0.05, 0.1) is 165 Å². The Morgan fingerprint density at radius 1 is 0.254 bits per heavy atom. The van der Waals surface area contributed by atoms with Gasteiger partial charge in [0.2, 0.25) is 0 Å². The molecule has 0 saturated carbocycles. The van der Waals surface area contributed by atoms with Crippen molar-refractivity contribution < 1.29 is 66.7 Å². The first-order chi connectivity index (χ1) is 33.3. The van der Waals surface area contributed by atoms with E-state index in [2.05, 4.69) is 103 Å². The van der Waals surface area contributed by atoms with Crippen molar-refractivity contribution in [3.63, 3.8) is 0 Å². The van der Waals surface area contributed by atoms with Crippen molar-refractivity contribution in [3.8, 4) is 5.75 Å². The Kier molecular flexibility index (Phi) is 33.4. The highest BCUT2D eigenvalue weighted by Crippen LogP contribution is 2.31. The monoisotopic (exact) mass is 937 g/mol. The molecule has 0 fully saturated rings. The van der Waals surface area contributed by atoms with Crippen LogP contribution < -0.4 is 4.74 Å². The van der Waals surface area contributed by atoms with E-state index in [9.17, 15) is 0 Å². The summed E-state index contributed by atoms with van der Waals surface area (Å²) < 4.78 is 72.8. The molecular formula is C53H76O14. The zero-order valence-corrected chi connectivity index (χ0v) is 39.6. The second-order valence-electron chi connectivity index (χ2n) is 15.2. The van der Waals surface area contributed by atoms with E-state index in [1.807, 2.05) is 0 Å². The molecule has 0 amide bonds. The van der Waals surface area contributed by atoms with Gasteiger partial charge in [0, 0.05) is 12.8 Å². The molecule has 0 bridgehead atoms. The molecule has 14 heteroatoms. The summed E-state index contributed by atoms with van der Waals surface area (Å²) in [5, 5.41) is 8.62. The maximum Gasteiger partial charge on any atom is 0.126 e. The highest BCUT2D eigenvalue weighted by Gasteiger charge is 2.15. The molecule has 0 spiro atoms. The third-order valence-electron chi connectivity index (χ3n) is 9.83. The van der Waals surface area contributed by atoms with Gasteiger partial charge in [-0.1, -0.05) is 103 Å². The topological polar surface area (TPSA) is 140 Å². The number of aliphatic hydroxyl groups is 1. The zero-order chi connectivity index (χ0) is 46.8. The van der Waals surface area contributed by atoms with Crippen LogP contribution in [0.4, 0.5) is 0 Å². The number of ether oxygens (including phenoxy) is 13. The fourth-order valence-corrected chi connectivity index (χ4v) is 6.63. The van der Waals surface area contributed by atoms with Gasteiger partial charge in [-0.05, 0) is 39.8 Å². The highest BCUT2D eigenvalue weighted by molar-refractivity contribution is 5.50. The number of hydrogen-bond acceptors (Lipinski definition) is 14. The molecule has 0 radical (unpaired) electrons. The lowest BCUT2D eigenvalue weighted by Gasteiger charge is -2.19. The van der Waals surface area contributed by atoms with Crippen LogP contribution in [0.5, 0.6) is 5.75 Å². The van der Waals surface area contributed by atoms with E-state index < -0.39 is 0 Å². The third-order valence-corrected chi connectivity index (χ3v) is 9.83. The average Bonchev–Trinajstić information content (AvgIpc) is 3.35. The van der Waals surface area contributed by atoms with Crippen molar-refractivity contribution in [2.24, 2.45) is 0 Å². The standard InChI is InChI=1S/C53H76O14/c54-16-17-55-18-19-56-20-21-57-22-23-58-24-25-59-26-27-60-28-29-61-30-31-62-32-33-63-34-35-64-36-37-65-38-39-66-40-41-67-53-51(43-48-12-6-2-7-13-48)45-50(42-47-10-4-1-5-11-47)46-52(53)44-49-14-8-3-9-15-49/h1-15,45-46,54H,16-44H2. The van der Waals surface area contributed by atoms with Gasteiger partial charge in [-0.2, -0.15) is 0 Å². The summed E-state index contributed by atoms with van der Waals surface area (Å²) in [6.45, 7) is 12.1. The van der Waals surface area contributed by atoms with E-state index in [0.29, 0.717) is 165 Å². The Bertz CT molecular complexity index is 1640. The van der Waals surface area contributed by atoms with Crippen molar-refractivity contribution in [2.45, 2.75) is 19.3 Å². The smallest absolute Gasteiger partial charge is 0.126 e. The van der Waals surface area contributed by atoms with Crippen LogP contribution in [0.1, 0.15) is 33.4 Å². The molecule has 1 N–H and O–H groups in total. The van der Waals surface area contributed by atoms with E-state index in [-0.39, 0.29) is 6.61 Å². The maximum atomic E-state index is 8.62. The summed E-state index contributed by atoms with van der Waals surface area (Å²) in [6.07, 6.45) is 2.43. The Balaban J connectivity index is 0.916. The maximum absolute atomic E-state index is 8.62. The summed E-state index contributed by atoms with van der Waals surface area (Å²) in [5.41, 5.74) is 7.42. The van der Waals surface area contributed by atoms with Gasteiger partial charge in [-0.3, -0.25) is 0 Å².